The summed E-state index contributed by atoms with van der Waals surface area (Å²) in [5, 5.41) is 7.98. The summed E-state index contributed by atoms with van der Waals surface area (Å²) in [7, 11) is 0. The Morgan fingerprint density at radius 1 is 1.09 bits per heavy atom. The second-order valence-corrected chi connectivity index (χ2v) is 8.78. The van der Waals surface area contributed by atoms with Crippen LogP contribution >= 0.6 is 0 Å². The second kappa shape index (κ2) is 9.26. The number of fused-ring (bicyclic) bond motifs is 1. The Morgan fingerprint density at radius 2 is 1.91 bits per heavy atom. The lowest BCUT2D eigenvalue weighted by molar-refractivity contribution is -0.117. The zero-order chi connectivity index (χ0) is 23.7. The fourth-order valence-corrected chi connectivity index (χ4v) is 4.77. The number of aromatic nitrogens is 3. The van der Waals surface area contributed by atoms with Crippen LogP contribution in [0.2, 0.25) is 0 Å². The standard InChI is InChI=1S/C25H28N6O3/c1-17-15-29(25(33)34-24-5-3-4-10-27-24)23-13-19(6-7-22(23)31(17)18(2)32)20-14-28-30(16-20)21-8-11-26-12-9-21/h3-7,10,13-14,16-17,21,26H,8-9,11-12,15H2,1-2H3/t17-/m0/s1. The summed E-state index contributed by atoms with van der Waals surface area (Å²) in [5.41, 5.74) is 3.19. The van der Waals surface area contributed by atoms with E-state index >= 15 is 0 Å². The molecular formula is C25H28N6O3. The third-order valence-corrected chi connectivity index (χ3v) is 6.42. The molecule has 4 heterocycles. The lowest BCUT2D eigenvalue weighted by Gasteiger charge is -2.40. The number of hydrogen-bond donors (Lipinski definition) is 1. The summed E-state index contributed by atoms with van der Waals surface area (Å²) >= 11 is 0. The minimum absolute atomic E-state index is 0.0713. The van der Waals surface area contributed by atoms with Gasteiger partial charge in [-0.05, 0) is 56.6 Å². The van der Waals surface area contributed by atoms with Crippen molar-refractivity contribution in [3.05, 3.63) is 55.0 Å². The zero-order valence-electron chi connectivity index (χ0n) is 19.3. The molecule has 34 heavy (non-hydrogen) atoms. The SMILES string of the molecule is CC(=O)N1c2ccc(-c3cnn(C4CCNCC4)c3)cc2N(C(=O)Oc2ccccn2)C[C@@H]1C. The molecule has 1 N–H and O–H groups in total. The number of pyridine rings is 1. The van der Waals surface area contributed by atoms with Gasteiger partial charge in [0.15, 0.2) is 0 Å². The van der Waals surface area contributed by atoms with E-state index in [1.165, 1.54) is 0 Å². The van der Waals surface area contributed by atoms with Gasteiger partial charge in [-0.1, -0.05) is 12.1 Å². The van der Waals surface area contributed by atoms with Crippen LogP contribution in [0.1, 0.15) is 32.7 Å². The number of hydrogen-bond acceptors (Lipinski definition) is 6. The topological polar surface area (TPSA) is 92.6 Å². The molecule has 2 aromatic heterocycles. The summed E-state index contributed by atoms with van der Waals surface area (Å²) in [6.45, 7) is 5.76. The number of amides is 2. The molecule has 1 atom stereocenters. The number of anilines is 2. The molecule has 0 spiro atoms. The van der Waals surface area contributed by atoms with Gasteiger partial charge in [-0.25, -0.2) is 9.78 Å². The van der Waals surface area contributed by atoms with Crippen LogP contribution in [0.4, 0.5) is 16.2 Å². The molecule has 0 bridgehead atoms. The summed E-state index contributed by atoms with van der Waals surface area (Å²) in [6.07, 6.45) is 7.05. The van der Waals surface area contributed by atoms with Gasteiger partial charge in [0.25, 0.3) is 0 Å². The molecule has 9 heteroatoms. The Labute approximate surface area is 198 Å². The van der Waals surface area contributed by atoms with E-state index in [2.05, 4.69) is 21.6 Å². The van der Waals surface area contributed by atoms with Crippen LogP contribution in [0.15, 0.2) is 55.0 Å². The molecule has 2 aliphatic heterocycles. The Hall–Kier alpha value is -3.72. The van der Waals surface area contributed by atoms with Crippen molar-refractivity contribution in [3.8, 4) is 17.0 Å². The van der Waals surface area contributed by atoms with Crippen molar-refractivity contribution in [1.29, 1.82) is 0 Å². The number of nitrogens with one attached hydrogen (secondary N) is 1. The van der Waals surface area contributed by atoms with Crippen molar-refractivity contribution < 1.29 is 14.3 Å². The van der Waals surface area contributed by atoms with Gasteiger partial charge in [-0.2, -0.15) is 5.10 Å². The smallest absolute Gasteiger partial charge is 0.391 e. The Bertz CT molecular complexity index is 1190. The molecule has 2 amide bonds. The lowest BCUT2D eigenvalue weighted by atomic mass is 10.0. The third-order valence-electron chi connectivity index (χ3n) is 6.42. The average Bonchev–Trinajstić information content (AvgIpc) is 3.34. The first-order valence-electron chi connectivity index (χ1n) is 11.6. The molecule has 2 aliphatic rings. The Morgan fingerprint density at radius 3 is 2.65 bits per heavy atom. The van der Waals surface area contributed by atoms with E-state index in [-0.39, 0.29) is 17.8 Å². The van der Waals surface area contributed by atoms with Crippen LogP contribution in [-0.4, -0.2) is 52.4 Å². The maximum Gasteiger partial charge on any atom is 0.421 e. The summed E-state index contributed by atoms with van der Waals surface area (Å²) in [4.78, 5) is 33.0. The van der Waals surface area contributed by atoms with E-state index in [9.17, 15) is 9.59 Å². The second-order valence-electron chi connectivity index (χ2n) is 8.78. The van der Waals surface area contributed by atoms with E-state index in [1.54, 1.807) is 41.1 Å². The quantitative estimate of drug-likeness (QED) is 0.642. The summed E-state index contributed by atoms with van der Waals surface area (Å²) in [6, 6.07) is 11.1. The van der Waals surface area contributed by atoms with Gasteiger partial charge in [0, 0.05) is 37.5 Å². The molecule has 1 fully saturated rings. The summed E-state index contributed by atoms with van der Waals surface area (Å²) < 4.78 is 7.57. The van der Waals surface area contributed by atoms with Crippen LogP contribution in [0, 0.1) is 0 Å². The molecular weight excluding hydrogens is 432 g/mol. The third kappa shape index (κ3) is 4.26. The average molecular weight is 461 g/mol. The van der Waals surface area contributed by atoms with Gasteiger partial charge in [0.05, 0.1) is 29.7 Å². The number of piperidine rings is 1. The monoisotopic (exact) mass is 460 g/mol. The van der Waals surface area contributed by atoms with Gasteiger partial charge in [0.2, 0.25) is 11.8 Å². The number of carbonyl (C=O) groups excluding carboxylic acids is 2. The molecule has 1 aromatic carbocycles. The van der Waals surface area contributed by atoms with Crippen molar-refractivity contribution >= 4 is 23.4 Å². The highest BCUT2D eigenvalue weighted by Gasteiger charge is 2.35. The van der Waals surface area contributed by atoms with Crippen molar-refractivity contribution in [2.45, 2.75) is 38.8 Å². The highest BCUT2D eigenvalue weighted by Crippen LogP contribution is 2.39. The fraction of sp³-hybridized carbons (Fsp3) is 0.360. The fourth-order valence-electron chi connectivity index (χ4n) is 4.77. The predicted octanol–water partition coefficient (Wildman–Crippen LogP) is 3.63. The van der Waals surface area contributed by atoms with E-state index < -0.39 is 6.09 Å². The molecule has 3 aromatic rings. The van der Waals surface area contributed by atoms with Crippen LogP contribution in [0.25, 0.3) is 11.1 Å². The maximum absolute atomic E-state index is 13.1. The zero-order valence-corrected chi connectivity index (χ0v) is 19.3. The number of rotatable bonds is 3. The van der Waals surface area contributed by atoms with Crippen LogP contribution < -0.4 is 19.9 Å². The lowest BCUT2D eigenvalue weighted by Crippen LogP contribution is -2.52. The van der Waals surface area contributed by atoms with Gasteiger partial charge in [-0.15, -0.1) is 0 Å². The number of carbonyl (C=O) groups is 2. The first-order chi connectivity index (χ1) is 16.5. The molecule has 176 valence electrons. The number of ether oxygens (including phenoxy) is 1. The van der Waals surface area contributed by atoms with E-state index in [0.717, 1.165) is 37.1 Å². The highest BCUT2D eigenvalue weighted by molar-refractivity contribution is 6.03. The van der Waals surface area contributed by atoms with Gasteiger partial charge < -0.3 is 15.0 Å². The molecule has 0 aliphatic carbocycles. The van der Waals surface area contributed by atoms with Crippen molar-refractivity contribution in [2.24, 2.45) is 0 Å². The van der Waals surface area contributed by atoms with Gasteiger partial charge in [0.1, 0.15) is 0 Å². The van der Waals surface area contributed by atoms with E-state index in [4.69, 9.17) is 4.74 Å². The van der Waals surface area contributed by atoms with Crippen molar-refractivity contribution in [1.82, 2.24) is 20.1 Å². The molecule has 0 radical (unpaired) electrons. The van der Waals surface area contributed by atoms with Crippen molar-refractivity contribution in [3.63, 3.8) is 0 Å². The van der Waals surface area contributed by atoms with Gasteiger partial charge >= 0.3 is 6.09 Å². The molecule has 5 rings (SSSR count). The van der Waals surface area contributed by atoms with Crippen LogP contribution in [0.5, 0.6) is 5.88 Å². The molecule has 1 saturated heterocycles. The minimum Gasteiger partial charge on any atom is -0.391 e. The summed E-state index contributed by atoms with van der Waals surface area (Å²) in [5.74, 6) is 0.160. The largest absolute Gasteiger partial charge is 0.421 e. The number of benzene rings is 1. The normalized spacial score (nSPS) is 18.5. The number of nitrogens with zero attached hydrogens (tertiary/aromatic N) is 5. The Kier molecular flexibility index (Phi) is 6.02. The van der Waals surface area contributed by atoms with E-state index in [0.29, 0.717) is 24.0 Å². The first-order valence-corrected chi connectivity index (χ1v) is 11.6. The molecule has 9 nitrogen and oxygen atoms in total. The van der Waals surface area contributed by atoms with Crippen LogP contribution in [-0.2, 0) is 4.79 Å². The van der Waals surface area contributed by atoms with Crippen molar-refractivity contribution in [2.75, 3.05) is 29.4 Å². The van der Waals surface area contributed by atoms with Crippen LogP contribution in [0.3, 0.4) is 0 Å². The molecule has 0 saturated carbocycles. The molecule has 0 unspecified atom stereocenters. The Balaban J connectivity index is 1.49. The maximum atomic E-state index is 13.1. The van der Waals surface area contributed by atoms with E-state index in [1.807, 2.05) is 36.0 Å². The highest BCUT2D eigenvalue weighted by atomic mass is 16.6. The predicted molar refractivity (Wildman–Crippen MR) is 129 cm³/mol. The van der Waals surface area contributed by atoms with Gasteiger partial charge in [-0.3, -0.25) is 14.4 Å². The minimum atomic E-state index is -0.530. The first kappa shape index (κ1) is 22.1.